The van der Waals surface area contributed by atoms with E-state index in [2.05, 4.69) is 10.1 Å². The molecule has 0 aromatic heterocycles. The quantitative estimate of drug-likeness (QED) is 0.684. The molecule has 6 heteroatoms. The first-order chi connectivity index (χ1) is 8.52. The Morgan fingerprint density at radius 1 is 1.33 bits per heavy atom. The van der Waals surface area contributed by atoms with Crippen LogP contribution in [0.1, 0.15) is 6.92 Å². The molecule has 4 nitrogen and oxygen atoms in total. The molecule has 0 radical (unpaired) electrons. The van der Waals surface area contributed by atoms with Gasteiger partial charge in [0.15, 0.2) is 0 Å². The molecule has 0 atom stereocenters. The third kappa shape index (κ3) is 4.77. The van der Waals surface area contributed by atoms with Crippen LogP contribution in [0.15, 0.2) is 30.4 Å². The van der Waals surface area contributed by atoms with Crippen LogP contribution in [0.25, 0.3) is 0 Å². The van der Waals surface area contributed by atoms with Gasteiger partial charge in [-0.2, -0.15) is 0 Å². The summed E-state index contributed by atoms with van der Waals surface area (Å²) in [5, 5.41) is 3.31. The molecule has 0 saturated carbocycles. The minimum atomic E-state index is -0.579. The van der Waals surface area contributed by atoms with E-state index in [-0.39, 0.29) is 6.61 Å². The summed E-state index contributed by atoms with van der Waals surface area (Å²) in [5.41, 5.74) is 0.377. The Hall–Kier alpha value is -1.52. The largest absolute Gasteiger partial charge is 0.463 e. The van der Waals surface area contributed by atoms with E-state index in [0.717, 1.165) is 12.2 Å². The Bertz CT molecular complexity index is 486. The fraction of sp³-hybridized carbons (Fsp3) is 0.167. The predicted molar refractivity (Wildman–Crippen MR) is 70.9 cm³/mol. The SMILES string of the molecule is CCOC(=O)/C=C/C(=O)Nc1cc(Cl)ccc1Cl. The monoisotopic (exact) mass is 287 g/mol. The third-order valence-corrected chi connectivity index (χ3v) is 2.41. The molecular weight excluding hydrogens is 277 g/mol. The van der Waals surface area contributed by atoms with Crippen LogP contribution in [-0.4, -0.2) is 18.5 Å². The lowest BCUT2D eigenvalue weighted by Crippen LogP contribution is -2.09. The van der Waals surface area contributed by atoms with Crippen molar-refractivity contribution in [1.29, 1.82) is 0 Å². The Morgan fingerprint density at radius 3 is 2.72 bits per heavy atom. The summed E-state index contributed by atoms with van der Waals surface area (Å²) in [7, 11) is 0. The molecule has 0 aliphatic carbocycles. The number of rotatable bonds is 4. The Kier molecular flexibility index (Phi) is 5.68. The van der Waals surface area contributed by atoms with E-state index in [1.807, 2.05) is 0 Å². The van der Waals surface area contributed by atoms with Crippen LogP contribution in [0.2, 0.25) is 10.0 Å². The molecule has 0 aliphatic rings. The molecule has 0 heterocycles. The van der Waals surface area contributed by atoms with E-state index in [9.17, 15) is 9.59 Å². The molecule has 1 N–H and O–H groups in total. The number of anilines is 1. The van der Waals surface area contributed by atoms with Crippen molar-refractivity contribution in [2.24, 2.45) is 0 Å². The van der Waals surface area contributed by atoms with Crippen molar-refractivity contribution < 1.29 is 14.3 Å². The van der Waals surface area contributed by atoms with Gasteiger partial charge in [0.05, 0.1) is 17.3 Å². The minimum Gasteiger partial charge on any atom is -0.463 e. The highest BCUT2D eigenvalue weighted by molar-refractivity contribution is 6.35. The van der Waals surface area contributed by atoms with Gasteiger partial charge in [0, 0.05) is 17.2 Å². The minimum absolute atomic E-state index is 0.255. The number of carbonyl (C=O) groups is 2. The normalized spacial score (nSPS) is 10.4. The zero-order valence-electron chi connectivity index (χ0n) is 9.57. The molecule has 0 fully saturated rings. The van der Waals surface area contributed by atoms with Gasteiger partial charge < -0.3 is 10.1 Å². The first-order valence-corrected chi connectivity index (χ1v) is 5.89. The van der Waals surface area contributed by atoms with Gasteiger partial charge in [0.2, 0.25) is 5.91 Å². The van der Waals surface area contributed by atoms with Crippen LogP contribution >= 0.6 is 23.2 Å². The highest BCUT2D eigenvalue weighted by Gasteiger charge is 2.04. The van der Waals surface area contributed by atoms with Crippen molar-refractivity contribution in [3.63, 3.8) is 0 Å². The molecule has 0 unspecified atom stereocenters. The zero-order valence-corrected chi connectivity index (χ0v) is 11.1. The van der Waals surface area contributed by atoms with E-state index in [1.165, 1.54) is 6.07 Å². The molecule has 1 rings (SSSR count). The van der Waals surface area contributed by atoms with Crippen LogP contribution < -0.4 is 5.32 Å². The molecule has 0 spiro atoms. The summed E-state index contributed by atoms with van der Waals surface area (Å²) < 4.78 is 4.63. The van der Waals surface area contributed by atoms with Crippen molar-refractivity contribution in [3.8, 4) is 0 Å². The van der Waals surface area contributed by atoms with Gasteiger partial charge in [-0.15, -0.1) is 0 Å². The molecular formula is C12H11Cl2NO3. The first kappa shape index (κ1) is 14.5. The van der Waals surface area contributed by atoms with E-state index in [1.54, 1.807) is 19.1 Å². The maximum Gasteiger partial charge on any atom is 0.330 e. The summed E-state index contributed by atoms with van der Waals surface area (Å²) in [5.74, 6) is -1.07. The second-order valence-electron chi connectivity index (χ2n) is 3.20. The smallest absolute Gasteiger partial charge is 0.330 e. The standard InChI is InChI=1S/C12H11Cl2NO3/c1-2-18-12(17)6-5-11(16)15-10-7-8(13)3-4-9(10)14/h3-7H,2H2,1H3,(H,15,16)/b6-5+. The lowest BCUT2D eigenvalue weighted by molar-refractivity contribution is -0.137. The van der Waals surface area contributed by atoms with E-state index < -0.39 is 11.9 Å². The zero-order chi connectivity index (χ0) is 13.5. The first-order valence-electron chi connectivity index (χ1n) is 5.13. The number of benzene rings is 1. The van der Waals surface area contributed by atoms with E-state index in [0.29, 0.717) is 15.7 Å². The van der Waals surface area contributed by atoms with E-state index >= 15 is 0 Å². The van der Waals surface area contributed by atoms with Crippen molar-refractivity contribution in [2.45, 2.75) is 6.92 Å². The van der Waals surface area contributed by atoms with Crippen LogP contribution in [0.4, 0.5) is 5.69 Å². The molecule has 96 valence electrons. The predicted octanol–water partition coefficient (Wildman–Crippen LogP) is 3.05. The number of ether oxygens (including phenoxy) is 1. The average molecular weight is 288 g/mol. The Labute approximate surface area is 115 Å². The maximum atomic E-state index is 11.5. The molecule has 0 aliphatic heterocycles. The van der Waals surface area contributed by atoms with Crippen LogP contribution in [0, 0.1) is 0 Å². The summed E-state index contributed by atoms with van der Waals surface area (Å²) >= 11 is 11.6. The van der Waals surface area contributed by atoms with Gasteiger partial charge in [-0.3, -0.25) is 4.79 Å². The number of halogens is 2. The van der Waals surface area contributed by atoms with Gasteiger partial charge in [0.1, 0.15) is 0 Å². The van der Waals surface area contributed by atoms with Gasteiger partial charge in [-0.1, -0.05) is 23.2 Å². The molecule has 1 aromatic carbocycles. The number of amides is 1. The van der Waals surface area contributed by atoms with E-state index in [4.69, 9.17) is 23.2 Å². The fourth-order valence-corrected chi connectivity index (χ4v) is 1.44. The van der Waals surface area contributed by atoms with Crippen LogP contribution in [-0.2, 0) is 14.3 Å². The topological polar surface area (TPSA) is 55.4 Å². The number of hydrogen-bond acceptors (Lipinski definition) is 3. The number of carbonyl (C=O) groups excluding carboxylic acids is 2. The Balaban J connectivity index is 2.65. The summed E-state index contributed by atoms with van der Waals surface area (Å²) in [6, 6.07) is 4.68. The summed E-state index contributed by atoms with van der Waals surface area (Å²) in [6.45, 7) is 1.93. The second-order valence-corrected chi connectivity index (χ2v) is 4.04. The van der Waals surface area contributed by atoms with Crippen LogP contribution in [0.3, 0.4) is 0 Å². The summed E-state index contributed by atoms with van der Waals surface area (Å²) in [6.07, 6.45) is 2.10. The lowest BCUT2D eigenvalue weighted by atomic mass is 10.3. The third-order valence-electron chi connectivity index (χ3n) is 1.84. The average Bonchev–Trinajstić information content (AvgIpc) is 2.32. The summed E-state index contributed by atoms with van der Waals surface area (Å²) in [4.78, 5) is 22.5. The highest BCUT2D eigenvalue weighted by atomic mass is 35.5. The highest BCUT2D eigenvalue weighted by Crippen LogP contribution is 2.25. The fourth-order valence-electron chi connectivity index (χ4n) is 1.10. The molecule has 0 bridgehead atoms. The number of nitrogens with one attached hydrogen (secondary N) is 1. The Morgan fingerprint density at radius 2 is 2.06 bits per heavy atom. The van der Waals surface area contributed by atoms with Crippen molar-refractivity contribution in [2.75, 3.05) is 11.9 Å². The number of esters is 1. The molecule has 1 amide bonds. The maximum absolute atomic E-state index is 11.5. The van der Waals surface area contributed by atoms with Crippen molar-refractivity contribution in [3.05, 3.63) is 40.4 Å². The van der Waals surface area contributed by atoms with Crippen LogP contribution in [0.5, 0.6) is 0 Å². The van der Waals surface area contributed by atoms with Gasteiger partial charge in [-0.05, 0) is 25.1 Å². The molecule has 18 heavy (non-hydrogen) atoms. The van der Waals surface area contributed by atoms with Gasteiger partial charge in [-0.25, -0.2) is 4.79 Å². The van der Waals surface area contributed by atoms with Gasteiger partial charge >= 0.3 is 5.97 Å². The van der Waals surface area contributed by atoms with Gasteiger partial charge in [0.25, 0.3) is 0 Å². The lowest BCUT2D eigenvalue weighted by Gasteiger charge is -2.04. The molecule has 1 aromatic rings. The van der Waals surface area contributed by atoms with Crippen molar-refractivity contribution in [1.82, 2.24) is 0 Å². The van der Waals surface area contributed by atoms with Crippen molar-refractivity contribution >= 4 is 40.8 Å². The molecule has 0 saturated heterocycles. The second kappa shape index (κ2) is 7.03. The number of hydrogen-bond donors (Lipinski definition) is 1.